The second-order valence-electron chi connectivity index (χ2n) is 5.22. The summed E-state index contributed by atoms with van der Waals surface area (Å²) < 4.78 is 5.46. The molecule has 1 aliphatic carbocycles. The normalized spacial score (nSPS) is 14.2. The molecule has 1 aliphatic rings. The van der Waals surface area contributed by atoms with Crippen molar-refractivity contribution in [1.82, 2.24) is 10.6 Å². The third-order valence-electron chi connectivity index (χ3n) is 3.23. The van der Waals surface area contributed by atoms with E-state index in [0.717, 1.165) is 32.4 Å². The van der Waals surface area contributed by atoms with Crippen LogP contribution in [0.15, 0.2) is 30.3 Å². The molecule has 0 radical (unpaired) electrons. The van der Waals surface area contributed by atoms with Gasteiger partial charge in [0.2, 0.25) is 5.91 Å². The number of hydrogen-bond donors (Lipinski definition) is 2. The topological polar surface area (TPSA) is 50.4 Å². The van der Waals surface area contributed by atoms with Gasteiger partial charge in [0.1, 0.15) is 0 Å². The molecule has 2 rings (SSSR count). The Bertz CT molecular complexity index is 391. The van der Waals surface area contributed by atoms with Gasteiger partial charge in [-0.3, -0.25) is 4.79 Å². The first kappa shape index (κ1) is 15.0. The summed E-state index contributed by atoms with van der Waals surface area (Å²) in [6.45, 7) is 3.06. The van der Waals surface area contributed by atoms with Crippen LogP contribution in [0.4, 0.5) is 0 Å². The molecule has 0 bridgehead atoms. The monoisotopic (exact) mass is 276 g/mol. The summed E-state index contributed by atoms with van der Waals surface area (Å²) in [4.78, 5) is 11.4. The Balaban J connectivity index is 1.37. The molecule has 1 saturated carbocycles. The molecular formula is C16H24N2O2. The fraction of sp³-hybridized carbons (Fsp3) is 0.562. The molecule has 1 aromatic rings. The van der Waals surface area contributed by atoms with Gasteiger partial charge in [0.25, 0.3) is 0 Å². The van der Waals surface area contributed by atoms with Crippen molar-refractivity contribution in [1.29, 1.82) is 0 Å². The van der Waals surface area contributed by atoms with Crippen LogP contribution < -0.4 is 10.6 Å². The maximum Gasteiger partial charge on any atom is 0.222 e. The van der Waals surface area contributed by atoms with Crippen LogP contribution in [0, 0.1) is 0 Å². The van der Waals surface area contributed by atoms with Crippen molar-refractivity contribution < 1.29 is 9.53 Å². The summed E-state index contributed by atoms with van der Waals surface area (Å²) in [7, 11) is 0. The largest absolute Gasteiger partial charge is 0.381 e. The van der Waals surface area contributed by atoms with Gasteiger partial charge in [-0.1, -0.05) is 30.3 Å². The van der Waals surface area contributed by atoms with Crippen molar-refractivity contribution in [3.05, 3.63) is 35.9 Å². The minimum absolute atomic E-state index is 0.120. The molecule has 4 heteroatoms. The molecule has 0 aliphatic heterocycles. The quantitative estimate of drug-likeness (QED) is 0.641. The first-order chi connectivity index (χ1) is 9.84. The Hall–Kier alpha value is -1.39. The lowest BCUT2D eigenvalue weighted by Crippen LogP contribution is -2.26. The second kappa shape index (κ2) is 8.72. The standard InChI is InChI=1S/C16H24N2O2/c19-16(18-15-7-8-15)9-12-20-11-4-10-17-13-14-5-2-1-3-6-14/h1-3,5-6,15,17H,4,7-13H2,(H,18,19). The van der Waals surface area contributed by atoms with Gasteiger partial charge in [-0.15, -0.1) is 0 Å². The van der Waals surface area contributed by atoms with Crippen LogP contribution in [0.25, 0.3) is 0 Å². The molecule has 110 valence electrons. The molecule has 1 amide bonds. The molecule has 0 unspecified atom stereocenters. The maximum absolute atomic E-state index is 11.4. The van der Waals surface area contributed by atoms with Crippen molar-refractivity contribution in [2.24, 2.45) is 0 Å². The van der Waals surface area contributed by atoms with Crippen molar-refractivity contribution in [3.8, 4) is 0 Å². The zero-order valence-electron chi connectivity index (χ0n) is 11.9. The van der Waals surface area contributed by atoms with Gasteiger partial charge >= 0.3 is 0 Å². The number of carbonyl (C=O) groups excluding carboxylic acids is 1. The molecular weight excluding hydrogens is 252 g/mol. The predicted molar refractivity (Wildman–Crippen MR) is 79.4 cm³/mol. The molecule has 0 spiro atoms. The Kier molecular flexibility index (Phi) is 6.54. The lowest BCUT2D eigenvalue weighted by atomic mass is 10.2. The van der Waals surface area contributed by atoms with E-state index in [1.807, 2.05) is 18.2 Å². The van der Waals surface area contributed by atoms with Crippen LogP contribution in [0.5, 0.6) is 0 Å². The van der Waals surface area contributed by atoms with E-state index in [4.69, 9.17) is 4.74 Å². The van der Waals surface area contributed by atoms with Crippen molar-refractivity contribution in [3.63, 3.8) is 0 Å². The summed E-state index contributed by atoms with van der Waals surface area (Å²) >= 11 is 0. The van der Waals surface area contributed by atoms with E-state index in [1.54, 1.807) is 0 Å². The van der Waals surface area contributed by atoms with E-state index in [0.29, 0.717) is 25.7 Å². The minimum atomic E-state index is 0.120. The zero-order chi connectivity index (χ0) is 14.0. The van der Waals surface area contributed by atoms with E-state index >= 15 is 0 Å². The average molecular weight is 276 g/mol. The Morgan fingerprint density at radius 1 is 1.20 bits per heavy atom. The van der Waals surface area contributed by atoms with E-state index in [-0.39, 0.29) is 5.91 Å². The Labute approximate surface area is 120 Å². The third kappa shape index (κ3) is 6.68. The maximum atomic E-state index is 11.4. The molecule has 0 atom stereocenters. The van der Waals surface area contributed by atoms with Gasteiger partial charge in [0.15, 0.2) is 0 Å². The SMILES string of the molecule is O=C(CCOCCCNCc1ccccc1)NC1CC1. The van der Waals surface area contributed by atoms with Crippen LogP contribution in [0.1, 0.15) is 31.2 Å². The molecule has 0 saturated heterocycles. The molecule has 4 nitrogen and oxygen atoms in total. The van der Waals surface area contributed by atoms with Crippen molar-refractivity contribution in [2.45, 2.75) is 38.3 Å². The average Bonchev–Trinajstić information content (AvgIpc) is 3.27. The molecule has 20 heavy (non-hydrogen) atoms. The van der Waals surface area contributed by atoms with Gasteiger partial charge in [0, 0.05) is 25.6 Å². The molecule has 0 aromatic heterocycles. The van der Waals surface area contributed by atoms with Crippen LogP contribution >= 0.6 is 0 Å². The summed E-state index contributed by atoms with van der Waals surface area (Å²) in [5.41, 5.74) is 1.30. The fourth-order valence-electron chi connectivity index (χ4n) is 1.92. The Morgan fingerprint density at radius 3 is 2.75 bits per heavy atom. The summed E-state index contributed by atoms with van der Waals surface area (Å²) in [5.74, 6) is 0.120. The zero-order valence-corrected chi connectivity index (χ0v) is 11.9. The minimum Gasteiger partial charge on any atom is -0.381 e. The number of carbonyl (C=O) groups is 1. The Morgan fingerprint density at radius 2 is 2.00 bits per heavy atom. The van der Waals surface area contributed by atoms with Crippen LogP contribution in [0.2, 0.25) is 0 Å². The molecule has 0 heterocycles. The molecule has 1 fully saturated rings. The van der Waals surface area contributed by atoms with Gasteiger partial charge in [-0.05, 0) is 31.4 Å². The number of ether oxygens (including phenoxy) is 1. The van der Waals surface area contributed by atoms with E-state index < -0.39 is 0 Å². The number of benzene rings is 1. The number of hydrogen-bond acceptors (Lipinski definition) is 3. The van der Waals surface area contributed by atoms with Crippen LogP contribution in [0.3, 0.4) is 0 Å². The van der Waals surface area contributed by atoms with Crippen LogP contribution in [-0.2, 0) is 16.1 Å². The highest BCUT2D eigenvalue weighted by Gasteiger charge is 2.22. The van der Waals surface area contributed by atoms with E-state index in [2.05, 4.69) is 22.8 Å². The van der Waals surface area contributed by atoms with Crippen molar-refractivity contribution in [2.75, 3.05) is 19.8 Å². The van der Waals surface area contributed by atoms with Gasteiger partial charge in [-0.25, -0.2) is 0 Å². The highest BCUT2D eigenvalue weighted by molar-refractivity contribution is 5.76. The summed E-state index contributed by atoms with van der Waals surface area (Å²) in [6.07, 6.45) is 3.73. The highest BCUT2D eigenvalue weighted by Crippen LogP contribution is 2.18. The fourth-order valence-corrected chi connectivity index (χ4v) is 1.92. The summed E-state index contributed by atoms with van der Waals surface area (Å²) in [5, 5.41) is 6.33. The van der Waals surface area contributed by atoms with Gasteiger partial charge in [-0.2, -0.15) is 0 Å². The third-order valence-corrected chi connectivity index (χ3v) is 3.23. The number of rotatable bonds is 10. The van der Waals surface area contributed by atoms with Crippen molar-refractivity contribution >= 4 is 5.91 Å². The lowest BCUT2D eigenvalue weighted by Gasteiger charge is -2.06. The smallest absolute Gasteiger partial charge is 0.222 e. The molecule has 1 aromatic carbocycles. The van der Waals surface area contributed by atoms with Gasteiger partial charge in [0.05, 0.1) is 6.61 Å². The lowest BCUT2D eigenvalue weighted by molar-refractivity contribution is -0.122. The predicted octanol–water partition coefficient (Wildman–Crippen LogP) is 1.85. The van der Waals surface area contributed by atoms with Gasteiger partial charge < -0.3 is 15.4 Å². The first-order valence-electron chi connectivity index (χ1n) is 7.46. The summed E-state index contributed by atoms with van der Waals surface area (Å²) in [6, 6.07) is 10.8. The van der Waals surface area contributed by atoms with E-state index in [9.17, 15) is 4.79 Å². The van der Waals surface area contributed by atoms with Crippen LogP contribution in [-0.4, -0.2) is 31.7 Å². The first-order valence-corrected chi connectivity index (χ1v) is 7.46. The highest BCUT2D eigenvalue weighted by atomic mass is 16.5. The second-order valence-corrected chi connectivity index (χ2v) is 5.22. The molecule has 2 N–H and O–H groups in total. The van der Waals surface area contributed by atoms with E-state index in [1.165, 1.54) is 5.56 Å². The number of nitrogens with one attached hydrogen (secondary N) is 2. The number of amides is 1.